The molecular weight excluding hydrogens is 424 g/mol. The molecular formula is C28H34N4O2. The van der Waals surface area contributed by atoms with E-state index in [1.807, 2.05) is 36.4 Å². The monoisotopic (exact) mass is 458 g/mol. The van der Waals surface area contributed by atoms with E-state index in [-0.39, 0.29) is 11.8 Å². The second-order valence-electron chi connectivity index (χ2n) is 8.45. The Bertz CT molecular complexity index is 1010. The van der Waals surface area contributed by atoms with Gasteiger partial charge in [-0.05, 0) is 43.2 Å². The van der Waals surface area contributed by atoms with E-state index in [0.717, 1.165) is 72.4 Å². The molecule has 0 saturated heterocycles. The summed E-state index contributed by atoms with van der Waals surface area (Å²) in [6.45, 7) is 4.25. The fourth-order valence-electron chi connectivity index (χ4n) is 3.69. The molecule has 34 heavy (non-hydrogen) atoms. The van der Waals surface area contributed by atoms with E-state index in [4.69, 9.17) is 0 Å². The molecule has 0 aliphatic rings. The summed E-state index contributed by atoms with van der Waals surface area (Å²) >= 11 is 0. The summed E-state index contributed by atoms with van der Waals surface area (Å²) in [6.07, 6.45) is 10.5. The van der Waals surface area contributed by atoms with Crippen molar-refractivity contribution in [1.29, 1.82) is 0 Å². The van der Waals surface area contributed by atoms with Crippen LogP contribution in [0.3, 0.4) is 0 Å². The van der Waals surface area contributed by atoms with Crippen molar-refractivity contribution in [3.05, 3.63) is 60.9 Å². The molecule has 3 rings (SSSR count). The number of nitrogens with zero attached hydrogens (tertiary/aromatic N) is 2. The lowest BCUT2D eigenvalue weighted by molar-refractivity contribution is -0.117. The lowest BCUT2D eigenvalue weighted by Gasteiger charge is -2.10. The number of hydrogen-bond donors (Lipinski definition) is 2. The Labute approximate surface area is 202 Å². The maximum Gasteiger partial charge on any atom is 0.224 e. The number of carbonyl (C=O) groups excluding carboxylic acids is 2. The first-order valence-electron chi connectivity index (χ1n) is 12.2. The first-order valence-corrected chi connectivity index (χ1v) is 12.2. The number of anilines is 2. The van der Waals surface area contributed by atoms with Gasteiger partial charge in [-0.15, -0.1) is 0 Å². The third-order valence-electron chi connectivity index (χ3n) is 5.56. The standard InChI is InChI=1S/C28H34N4O2/c1-3-5-7-12-27(33)31-23-14-16-29-25(19-23)21-10-9-11-22(18-21)26-20-24(15-17-30-26)32-28(34)13-8-6-4-2/h9-11,14-20H,3-8,12-13H2,1-2H3,(H,29,31,33)(H,30,32,34). The van der Waals surface area contributed by atoms with Crippen LogP contribution in [-0.2, 0) is 9.59 Å². The summed E-state index contributed by atoms with van der Waals surface area (Å²) in [5.41, 5.74) is 4.87. The van der Waals surface area contributed by atoms with Crippen LogP contribution in [0.4, 0.5) is 11.4 Å². The van der Waals surface area contributed by atoms with Gasteiger partial charge in [0, 0.05) is 47.7 Å². The van der Waals surface area contributed by atoms with Crippen molar-refractivity contribution in [3.8, 4) is 22.5 Å². The molecule has 2 heterocycles. The van der Waals surface area contributed by atoms with Crippen LogP contribution in [0.15, 0.2) is 60.9 Å². The van der Waals surface area contributed by atoms with E-state index in [0.29, 0.717) is 12.8 Å². The highest BCUT2D eigenvalue weighted by molar-refractivity contribution is 5.92. The van der Waals surface area contributed by atoms with Gasteiger partial charge in [0.15, 0.2) is 0 Å². The Morgan fingerprint density at radius 2 is 1.15 bits per heavy atom. The van der Waals surface area contributed by atoms with E-state index in [2.05, 4.69) is 34.4 Å². The molecule has 0 bridgehead atoms. The zero-order chi connectivity index (χ0) is 24.2. The van der Waals surface area contributed by atoms with Gasteiger partial charge in [0.2, 0.25) is 11.8 Å². The molecule has 0 spiro atoms. The van der Waals surface area contributed by atoms with Crippen molar-refractivity contribution >= 4 is 23.2 Å². The number of benzene rings is 1. The molecule has 6 heteroatoms. The Kier molecular flexibility index (Phi) is 9.77. The average Bonchev–Trinajstić information content (AvgIpc) is 2.85. The summed E-state index contributed by atoms with van der Waals surface area (Å²) in [5, 5.41) is 5.94. The quantitative estimate of drug-likeness (QED) is 0.291. The molecule has 0 aliphatic heterocycles. The minimum absolute atomic E-state index is 0.0251. The van der Waals surface area contributed by atoms with Crippen molar-refractivity contribution in [2.45, 2.75) is 65.2 Å². The van der Waals surface area contributed by atoms with Gasteiger partial charge < -0.3 is 10.6 Å². The normalized spacial score (nSPS) is 10.6. The topological polar surface area (TPSA) is 84.0 Å². The second-order valence-corrected chi connectivity index (χ2v) is 8.45. The summed E-state index contributed by atoms with van der Waals surface area (Å²) < 4.78 is 0. The van der Waals surface area contributed by atoms with Gasteiger partial charge in [-0.2, -0.15) is 0 Å². The van der Waals surface area contributed by atoms with Crippen molar-refractivity contribution in [3.63, 3.8) is 0 Å². The SMILES string of the molecule is CCCCCC(=O)Nc1ccnc(-c2cccc(-c3cc(NC(=O)CCCCC)ccn3)c2)c1. The smallest absolute Gasteiger partial charge is 0.224 e. The molecule has 0 unspecified atom stereocenters. The summed E-state index contributed by atoms with van der Waals surface area (Å²) in [4.78, 5) is 33.4. The maximum atomic E-state index is 12.2. The molecule has 2 amide bonds. The maximum absolute atomic E-state index is 12.2. The fourth-order valence-corrected chi connectivity index (χ4v) is 3.69. The molecule has 2 aromatic heterocycles. The van der Waals surface area contributed by atoms with Gasteiger partial charge >= 0.3 is 0 Å². The minimum atomic E-state index is 0.0251. The lowest BCUT2D eigenvalue weighted by atomic mass is 10.0. The van der Waals surface area contributed by atoms with E-state index < -0.39 is 0 Å². The number of hydrogen-bond acceptors (Lipinski definition) is 4. The van der Waals surface area contributed by atoms with Crippen molar-refractivity contribution in [1.82, 2.24) is 9.97 Å². The van der Waals surface area contributed by atoms with Crippen molar-refractivity contribution < 1.29 is 9.59 Å². The van der Waals surface area contributed by atoms with E-state index in [1.165, 1.54) is 0 Å². The van der Waals surface area contributed by atoms with Crippen LogP contribution in [-0.4, -0.2) is 21.8 Å². The van der Waals surface area contributed by atoms with Gasteiger partial charge in [-0.25, -0.2) is 0 Å². The van der Waals surface area contributed by atoms with Crippen molar-refractivity contribution in [2.75, 3.05) is 10.6 Å². The number of pyridine rings is 2. The molecule has 0 atom stereocenters. The van der Waals surface area contributed by atoms with Gasteiger partial charge in [0.25, 0.3) is 0 Å². The molecule has 6 nitrogen and oxygen atoms in total. The number of aromatic nitrogens is 2. The van der Waals surface area contributed by atoms with Gasteiger partial charge in [-0.1, -0.05) is 57.7 Å². The number of unbranched alkanes of at least 4 members (excludes halogenated alkanes) is 4. The minimum Gasteiger partial charge on any atom is -0.326 e. The number of rotatable bonds is 12. The van der Waals surface area contributed by atoms with E-state index in [9.17, 15) is 9.59 Å². The highest BCUT2D eigenvalue weighted by Gasteiger charge is 2.08. The van der Waals surface area contributed by atoms with E-state index >= 15 is 0 Å². The van der Waals surface area contributed by atoms with Crippen LogP contribution in [0, 0.1) is 0 Å². The van der Waals surface area contributed by atoms with Gasteiger partial charge in [0.1, 0.15) is 0 Å². The fraction of sp³-hybridized carbons (Fsp3) is 0.357. The lowest BCUT2D eigenvalue weighted by Crippen LogP contribution is -2.11. The summed E-state index contributed by atoms with van der Waals surface area (Å²) in [5.74, 6) is 0.0502. The number of carbonyl (C=O) groups is 2. The Morgan fingerprint density at radius 1 is 0.676 bits per heavy atom. The van der Waals surface area contributed by atoms with Crippen LogP contribution in [0.5, 0.6) is 0 Å². The molecule has 0 fully saturated rings. The predicted molar refractivity (Wildman–Crippen MR) is 138 cm³/mol. The molecule has 3 aromatic rings. The van der Waals surface area contributed by atoms with Gasteiger partial charge in [-0.3, -0.25) is 19.6 Å². The predicted octanol–water partition coefficient (Wildman–Crippen LogP) is 6.85. The van der Waals surface area contributed by atoms with Crippen LogP contribution in [0.2, 0.25) is 0 Å². The Balaban J connectivity index is 1.72. The zero-order valence-electron chi connectivity index (χ0n) is 20.1. The highest BCUT2D eigenvalue weighted by atomic mass is 16.2. The van der Waals surface area contributed by atoms with Crippen molar-refractivity contribution in [2.24, 2.45) is 0 Å². The van der Waals surface area contributed by atoms with Crippen LogP contribution < -0.4 is 10.6 Å². The summed E-state index contributed by atoms with van der Waals surface area (Å²) in [7, 11) is 0. The third kappa shape index (κ3) is 7.80. The van der Waals surface area contributed by atoms with Crippen LogP contribution in [0.1, 0.15) is 65.2 Å². The molecule has 178 valence electrons. The molecule has 0 radical (unpaired) electrons. The van der Waals surface area contributed by atoms with Crippen LogP contribution in [0.25, 0.3) is 22.5 Å². The molecule has 0 saturated carbocycles. The Hall–Kier alpha value is -3.54. The first-order chi connectivity index (χ1) is 16.6. The first kappa shape index (κ1) is 25.1. The van der Waals surface area contributed by atoms with Gasteiger partial charge in [0.05, 0.1) is 11.4 Å². The second kappa shape index (κ2) is 13.2. The number of nitrogens with one attached hydrogen (secondary N) is 2. The van der Waals surface area contributed by atoms with E-state index in [1.54, 1.807) is 24.5 Å². The highest BCUT2D eigenvalue weighted by Crippen LogP contribution is 2.27. The molecule has 0 aliphatic carbocycles. The average molecular weight is 459 g/mol. The molecule has 2 N–H and O–H groups in total. The summed E-state index contributed by atoms with van der Waals surface area (Å²) in [6, 6.07) is 15.3. The third-order valence-corrected chi connectivity index (χ3v) is 5.56. The number of amides is 2. The Morgan fingerprint density at radius 3 is 1.59 bits per heavy atom. The zero-order valence-corrected chi connectivity index (χ0v) is 20.1. The molecule has 1 aromatic carbocycles. The van der Waals surface area contributed by atoms with Crippen LogP contribution >= 0.6 is 0 Å². The largest absolute Gasteiger partial charge is 0.326 e.